The van der Waals surface area contributed by atoms with Gasteiger partial charge in [-0.15, -0.1) is 0 Å². The number of anilines is 1. The summed E-state index contributed by atoms with van der Waals surface area (Å²) < 4.78 is 0. The first kappa shape index (κ1) is 13.8. The van der Waals surface area contributed by atoms with Gasteiger partial charge in [-0.25, -0.2) is 4.98 Å². The van der Waals surface area contributed by atoms with E-state index >= 15 is 0 Å². The lowest BCUT2D eigenvalue weighted by Gasteiger charge is -2.19. The molecule has 2 aromatic rings. The molecule has 1 aliphatic heterocycles. The molecular weight excluding hydrogens is 288 g/mol. The van der Waals surface area contributed by atoms with E-state index in [2.05, 4.69) is 4.98 Å². The van der Waals surface area contributed by atoms with E-state index in [-0.39, 0.29) is 18.1 Å². The van der Waals surface area contributed by atoms with Crippen molar-refractivity contribution in [2.75, 3.05) is 11.9 Å². The molecule has 2 heterocycles. The highest BCUT2D eigenvalue weighted by Crippen LogP contribution is 2.36. The van der Waals surface area contributed by atoms with Crippen LogP contribution in [0.2, 0.25) is 5.15 Å². The minimum Gasteiger partial charge on any atom is -0.313 e. The summed E-state index contributed by atoms with van der Waals surface area (Å²) in [5, 5.41) is 0.310. The van der Waals surface area contributed by atoms with E-state index in [0.29, 0.717) is 16.5 Å². The normalized spacial score (nSPS) is 18.4. The summed E-state index contributed by atoms with van der Waals surface area (Å²) in [4.78, 5) is 30.4. The number of ketones is 1. The van der Waals surface area contributed by atoms with Crippen LogP contribution in [-0.4, -0.2) is 23.7 Å². The minimum absolute atomic E-state index is 0.135. The third-order valence-electron chi connectivity index (χ3n) is 3.66. The highest BCUT2D eigenvalue weighted by molar-refractivity contribution is 6.29. The van der Waals surface area contributed by atoms with Crippen LogP contribution in [0.4, 0.5) is 5.69 Å². The van der Waals surface area contributed by atoms with Crippen molar-refractivity contribution in [2.24, 2.45) is 0 Å². The van der Waals surface area contributed by atoms with Crippen LogP contribution >= 0.6 is 11.6 Å². The molecule has 1 aromatic carbocycles. The predicted molar refractivity (Wildman–Crippen MR) is 80.6 cm³/mol. The summed E-state index contributed by atoms with van der Waals surface area (Å²) in [7, 11) is 1.65. The number of rotatable bonds is 1. The molecule has 106 valence electrons. The van der Waals surface area contributed by atoms with E-state index in [1.807, 2.05) is 30.3 Å². The third kappa shape index (κ3) is 2.43. The predicted octanol–water partition coefficient (Wildman–Crippen LogP) is 2.80. The number of pyridine rings is 1. The number of aromatic nitrogens is 1. The molecule has 4 nitrogen and oxygen atoms in total. The van der Waals surface area contributed by atoms with Gasteiger partial charge in [-0.05, 0) is 17.7 Å². The fraction of sp³-hybridized carbons (Fsp3) is 0.188. The van der Waals surface area contributed by atoms with Crippen molar-refractivity contribution in [3.05, 3.63) is 58.9 Å². The van der Waals surface area contributed by atoms with Gasteiger partial charge in [0, 0.05) is 7.05 Å². The van der Waals surface area contributed by atoms with Gasteiger partial charge in [0.15, 0.2) is 5.78 Å². The highest BCUT2D eigenvalue weighted by Gasteiger charge is 2.34. The van der Waals surface area contributed by atoms with Crippen molar-refractivity contribution in [1.82, 2.24) is 4.98 Å². The van der Waals surface area contributed by atoms with Crippen LogP contribution in [0.1, 0.15) is 23.6 Å². The van der Waals surface area contributed by atoms with E-state index in [0.717, 1.165) is 5.56 Å². The third-order valence-corrected chi connectivity index (χ3v) is 3.87. The molecule has 0 bridgehead atoms. The van der Waals surface area contributed by atoms with Crippen LogP contribution in [0.25, 0.3) is 0 Å². The van der Waals surface area contributed by atoms with Crippen LogP contribution in [0, 0.1) is 0 Å². The second-order valence-electron chi connectivity index (χ2n) is 4.98. The maximum atomic E-state index is 12.5. The maximum Gasteiger partial charge on any atom is 0.234 e. The zero-order valence-corrected chi connectivity index (χ0v) is 12.2. The van der Waals surface area contributed by atoms with Crippen LogP contribution < -0.4 is 4.90 Å². The number of Topliss-reactive ketones (excluding diaryl/α,β-unsaturated/α-hetero) is 1. The molecule has 1 atom stereocenters. The summed E-state index contributed by atoms with van der Waals surface area (Å²) in [6, 6.07) is 12.7. The molecule has 0 radical (unpaired) electrons. The first-order chi connectivity index (χ1) is 10.1. The zero-order chi connectivity index (χ0) is 15.0. The number of hydrogen-bond donors (Lipinski definition) is 0. The maximum absolute atomic E-state index is 12.5. The van der Waals surface area contributed by atoms with Crippen LogP contribution in [-0.2, 0) is 9.59 Å². The lowest BCUT2D eigenvalue weighted by Crippen LogP contribution is -2.26. The van der Waals surface area contributed by atoms with Crippen molar-refractivity contribution in [2.45, 2.75) is 12.3 Å². The second kappa shape index (κ2) is 5.30. The monoisotopic (exact) mass is 300 g/mol. The highest BCUT2D eigenvalue weighted by atomic mass is 35.5. The number of fused-ring (bicyclic) bond motifs is 1. The van der Waals surface area contributed by atoms with Crippen molar-refractivity contribution in [3.63, 3.8) is 0 Å². The Morgan fingerprint density at radius 2 is 1.86 bits per heavy atom. The van der Waals surface area contributed by atoms with Crippen molar-refractivity contribution >= 4 is 29.0 Å². The lowest BCUT2D eigenvalue weighted by atomic mass is 9.90. The number of benzene rings is 1. The van der Waals surface area contributed by atoms with Crippen molar-refractivity contribution < 1.29 is 9.59 Å². The quantitative estimate of drug-likeness (QED) is 0.601. The molecule has 1 aromatic heterocycles. The molecule has 1 aliphatic rings. The summed E-state index contributed by atoms with van der Waals surface area (Å²) in [5.41, 5.74) is 1.98. The second-order valence-corrected chi connectivity index (χ2v) is 5.37. The van der Waals surface area contributed by atoms with Gasteiger partial charge in [-0.2, -0.15) is 0 Å². The Hall–Kier alpha value is -2.20. The molecule has 0 saturated carbocycles. The van der Waals surface area contributed by atoms with E-state index < -0.39 is 5.92 Å². The molecular formula is C16H13ClN2O2. The topological polar surface area (TPSA) is 50.3 Å². The lowest BCUT2D eigenvalue weighted by molar-refractivity contribution is -0.126. The number of carbonyl (C=O) groups is 2. The molecule has 0 N–H and O–H groups in total. The Morgan fingerprint density at radius 3 is 2.57 bits per heavy atom. The van der Waals surface area contributed by atoms with Gasteiger partial charge in [0.1, 0.15) is 5.15 Å². The Balaban J connectivity index is 2.24. The van der Waals surface area contributed by atoms with E-state index in [1.54, 1.807) is 19.2 Å². The minimum atomic E-state index is -0.561. The number of amides is 1. The fourth-order valence-electron chi connectivity index (χ4n) is 2.58. The number of carbonyl (C=O) groups excluding carboxylic acids is 2. The van der Waals surface area contributed by atoms with Crippen molar-refractivity contribution in [1.29, 1.82) is 0 Å². The first-order valence-electron chi connectivity index (χ1n) is 6.58. The summed E-state index contributed by atoms with van der Waals surface area (Å²) in [6.45, 7) is 0. The number of halogens is 1. The molecule has 0 saturated heterocycles. The molecule has 0 fully saturated rings. The molecule has 1 unspecified atom stereocenters. The average Bonchev–Trinajstić information content (AvgIpc) is 2.56. The standard InChI is InChI=1S/C16H13ClN2O2/c1-19-11-7-8-13(17)18-16(11)15(12(20)9-14(19)21)10-5-3-2-4-6-10/h2-8,15H,9H2,1H3. The molecule has 5 heteroatoms. The molecule has 1 amide bonds. The SMILES string of the molecule is CN1C(=O)CC(=O)C(c2ccccc2)c2nc(Cl)ccc21. The van der Waals surface area contributed by atoms with E-state index in [1.165, 1.54) is 4.90 Å². The summed E-state index contributed by atoms with van der Waals surface area (Å²) in [5.74, 6) is -0.954. The van der Waals surface area contributed by atoms with Gasteiger partial charge in [0.05, 0.1) is 23.7 Å². The van der Waals surface area contributed by atoms with E-state index in [9.17, 15) is 9.59 Å². The average molecular weight is 301 g/mol. The van der Waals surface area contributed by atoms with Gasteiger partial charge in [-0.3, -0.25) is 9.59 Å². The smallest absolute Gasteiger partial charge is 0.234 e. The van der Waals surface area contributed by atoms with Crippen LogP contribution in [0.5, 0.6) is 0 Å². The van der Waals surface area contributed by atoms with Crippen LogP contribution in [0.3, 0.4) is 0 Å². The van der Waals surface area contributed by atoms with Gasteiger partial charge >= 0.3 is 0 Å². The number of nitrogens with zero attached hydrogens (tertiary/aromatic N) is 2. The van der Waals surface area contributed by atoms with Gasteiger partial charge < -0.3 is 4.90 Å². The first-order valence-corrected chi connectivity index (χ1v) is 6.96. The Bertz CT molecular complexity index is 715. The Kier molecular flexibility index (Phi) is 3.47. The van der Waals surface area contributed by atoms with E-state index in [4.69, 9.17) is 11.6 Å². The Morgan fingerprint density at radius 1 is 1.14 bits per heavy atom. The Labute approximate surface area is 127 Å². The summed E-state index contributed by atoms with van der Waals surface area (Å²) >= 11 is 5.99. The largest absolute Gasteiger partial charge is 0.313 e. The van der Waals surface area contributed by atoms with Gasteiger partial charge in [-0.1, -0.05) is 41.9 Å². The molecule has 0 spiro atoms. The van der Waals surface area contributed by atoms with Gasteiger partial charge in [0.25, 0.3) is 0 Å². The zero-order valence-electron chi connectivity index (χ0n) is 11.4. The summed E-state index contributed by atoms with van der Waals surface area (Å²) in [6.07, 6.45) is -0.135. The fourth-order valence-corrected chi connectivity index (χ4v) is 2.74. The molecule has 21 heavy (non-hydrogen) atoms. The molecule has 3 rings (SSSR count). The van der Waals surface area contributed by atoms with Gasteiger partial charge in [0.2, 0.25) is 5.91 Å². The van der Waals surface area contributed by atoms with Crippen molar-refractivity contribution in [3.8, 4) is 0 Å². The van der Waals surface area contributed by atoms with Crippen LogP contribution in [0.15, 0.2) is 42.5 Å². The number of hydrogen-bond acceptors (Lipinski definition) is 3. The molecule has 0 aliphatic carbocycles.